The molecule has 2 atom stereocenters. The normalized spacial score (nSPS) is 35.3. The third-order valence-corrected chi connectivity index (χ3v) is 1.44. The van der Waals surface area contributed by atoms with Crippen LogP contribution in [0.3, 0.4) is 0 Å². The van der Waals surface area contributed by atoms with Gasteiger partial charge in [0.1, 0.15) is 0 Å². The van der Waals surface area contributed by atoms with Crippen LogP contribution < -0.4 is 0 Å². The van der Waals surface area contributed by atoms with E-state index < -0.39 is 6.29 Å². The molecule has 3 heteroatoms. The van der Waals surface area contributed by atoms with E-state index in [2.05, 4.69) is 0 Å². The second kappa shape index (κ2) is 3.15. The van der Waals surface area contributed by atoms with Crippen LogP contribution in [0.4, 0.5) is 0 Å². The summed E-state index contributed by atoms with van der Waals surface area (Å²) in [6.45, 7) is 0.594. The van der Waals surface area contributed by atoms with E-state index in [1.807, 2.05) is 0 Å². The maximum absolute atomic E-state index is 8.85. The molecule has 1 aliphatic heterocycles. The topological polar surface area (TPSA) is 38.7 Å². The lowest BCUT2D eigenvalue weighted by Crippen LogP contribution is -2.15. The molecular weight excluding hydrogens is 120 g/mol. The van der Waals surface area contributed by atoms with Crippen LogP contribution in [0.15, 0.2) is 0 Å². The van der Waals surface area contributed by atoms with Gasteiger partial charge in [0, 0.05) is 13.5 Å². The Morgan fingerprint density at radius 3 is 2.89 bits per heavy atom. The first-order valence-electron chi connectivity index (χ1n) is 3.15. The van der Waals surface area contributed by atoms with E-state index >= 15 is 0 Å². The number of hydrogen-bond donors (Lipinski definition) is 1. The molecule has 0 bridgehead atoms. The van der Waals surface area contributed by atoms with E-state index in [0.717, 1.165) is 12.8 Å². The fourth-order valence-electron chi connectivity index (χ4n) is 0.995. The summed E-state index contributed by atoms with van der Waals surface area (Å²) < 4.78 is 9.87. The number of ether oxygens (including phenoxy) is 2. The fraction of sp³-hybridized carbons (Fsp3) is 1.00. The van der Waals surface area contributed by atoms with Crippen molar-refractivity contribution < 1.29 is 14.6 Å². The van der Waals surface area contributed by atoms with Gasteiger partial charge in [-0.2, -0.15) is 0 Å². The molecule has 1 aliphatic rings. The maximum atomic E-state index is 8.85. The molecule has 1 saturated heterocycles. The van der Waals surface area contributed by atoms with Crippen LogP contribution in [0.1, 0.15) is 12.8 Å². The molecule has 0 aromatic carbocycles. The molecule has 0 saturated carbocycles. The minimum Gasteiger partial charge on any atom is -0.382 e. The van der Waals surface area contributed by atoms with E-state index in [4.69, 9.17) is 14.6 Å². The summed E-state index contributed by atoms with van der Waals surface area (Å²) >= 11 is 0. The van der Waals surface area contributed by atoms with Crippen molar-refractivity contribution in [2.45, 2.75) is 25.2 Å². The van der Waals surface area contributed by atoms with E-state index in [-0.39, 0.29) is 6.10 Å². The van der Waals surface area contributed by atoms with Crippen LogP contribution in [0.5, 0.6) is 0 Å². The van der Waals surface area contributed by atoms with Crippen molar-refractivity contribution >= 4 is 0 Å². The number of aliphatic hydroxyl groups excluding tert-OH is 1. The zero-order valence-corrected chi connectivity index (χ0v) is 5.54. The van der Waals surface area contributed by atoms with Gasteiger partial charge in [-0.25, -0.2) is 0 Å². The van der Waals surface area contributed by atoms with Gasteiger partial charge in [0.05, 0.1) is 12.7 Å². The van der Waals surface area contributed by atoms with Gasteiger partial charge in [-0.1, -0.05) is 0 Å². The van der Waals surface area contributed by atoms with Crippen LogP contribution in [-0.2, 0) is 9.47 Å². The summed E-state index contributed by atoms with van der Waals surface area (Å²) in [5, 5.41) is 8.85. The highest BCUT2D eigenvalue weighted by Crippen LogP contribution is 2.16. The van der Waals surface area contributed by atoms with Crippen molar-refractivity contribution in [2.24, 2.45) is 0 Å². The first kappa shape index (κ1) is 6.99. The standard InChI is InChI=1S/C6H12O3/c1-8-4-5-2-3-6(7)9-5/h5-7H,2-4H2,1H3/t5-,6?/m0/s1. The number of methoxy groups -OCH3 is 1. The molecule has 0 amide bonds. The molecule has 0 spiro atoms. The third-order valence-electron chi connectivity index (χ3n) is 1.44. The predicted molar refractivity (Wildman–Crippen MR) is 32.0 cm³/mol. The lowest BCUT2D eigenvalue weighted by atomic mass is 10.2. The zero-order chi connectivity index (χ0) is 6.69. The predicted octanol–water partition coefficient (Wildman–Crippen LogP) is 0.130. The maximum Gasteiger partial charge on any atom is 0.155 e. The van der Waals surface area contributed by atoms with Gasteiger partial charge in [0.2, 0.25) is 0 Å². The van der Waals surface area contributed by atoms with Crippen molar-refractivity contribution in [1.29, 1.82) is 0 Å². The zero-order valence-electron chi connectivity index (χ0n) is 5.54. The van der Waals surface area contributed by atoms with Gasteiger partial charge in [0.25, 0.3) is 0 Å². The number of hydrogen-bond acceptors (Lipinski definition) is 3. The van der Waals surface area contributed by atoms with Crippen LogP contribution in [0.25, 0.3) is 0 Å². The summed E-state index contributed by atoms with van der Waals surface area (Å²) in [6.07, 6.45) is 1.22. The minimum atomic E-state index is -0.551. The van der Waals surface area contributed by atoms with E-state index in [9.17, 15) is 0 Å². The Hall–Kier alpha value is -0.120. The summed E-state index contributed by atoms with van der Waals surface area (Å²) in [5.74, 6) is 0. The summed E-state index contributed by atoms with van der Waals surface area (Å²) in [6, 6.07) is 0. The van der Waals surface area contributed by atoms with Crippen LogP contribution in [0, 0.1) is 0 Å². The number of rotatable bonds is 2. The van der Waals surface area contributed by atoms with E-state index in [1.54, 1.807) is 7.11 Å². The second-order valence-corrected chi connectivity index (χ2v) is 2.25. The van der Waals surface area contributed by atoms with Gasteiger partial charge >= 0.3 is 0 Å². The molecule has 9 heavy (non-hydrogen) atoms. The van der Waals surface area contributed by atoms with Gasteiger partial charge < -0.3 is 14.6 Å². The Kier molecular flexibility index (Phi) is 2.45. The summed E-state index contributed by atoms with van der Waals surface area (Å²) in [4.78, 5) is 0. The lowest BCUT2D eigenvalue weighted by molar-refractivity contribution is -0.104. The Bertz CT molecular complexity index is 82.4. The smallest absolute Gasteiger partial charge is 0.155 e. The van der Waals surface area contributed by atoms with Crippen molar-refractivity contribution in [3.05, 3.63) is 0 Å². The molecule has 0 aliphatic carbocycles. The van der Waals surface area contributed by atoms with E-state index in [1.165, 1.54) is 0 Å². The fourth-order valence-corrected chi connectivity index (χ4v) is 0.995. The molecule has 1 unspecified atom stereocenters. The van der Waals surface area contributed by atoms with Gasteiger partial charge in [-0.05, 0) is 6.42 Å². The van der Waals surface area contributed by atoms with Crippen molar-refractivity contribution in [3.8, 4) is 0 Å². The summed E-state index contributed by atoms with van der Waals surface area (Å²) in [5.41, 5.74) is 0. The largest absolute Gasteiger partial charge is 0.382 e. The first-order chi connectivity index (χ1) is 4.33. The van der Waals surface area contributed by atoms with Crippen molar-refractivity contribution in [2.75, 3.05) is 13.7 Å². The van der Waals surface area contributed by atoms with Gasteiger partial charge in [-0.15, -0.1) is 0 Å². The molecule has 0 aromatic rings. The second-order valence-electron chi connectivity index (χ2n) is 2.25. The highest BCUT2D eigenvalue weighted by molar-refractivity contribution is 4.65. The van der Waals surface area contributed by atoms with Gasteiger partial charge in [-0.3, -0.25) is 0 Å². The third kappa shape index (κ3) is 1.93. The van der Waals surface area contributed by atoms with Crippen molar-refractivity contribution in [3.63, 3.8) is 0 Å². The Morgan fingerprint density at radius 1 is 1.67 bits per heavy atom. The quantitative estimate of drug-likeness (QED) is 0.580. The van der Waals surface area contributed by atoms with Crippen LogP contribution in [-0.4, -0.2) is 31.2 Å². The minimum absolute atomic E-state index is 0.116. The molecule has 1 N–H and O–H groups in total. The van der Waals surface area contributed by atoms with Crippen LogP contribution in [0.2, 0.25) is 0 Å². The summed E-state index contributed by atoms with van der Waals surface area (Å²) in [7, 11) is 1.63. The van der Waals surface area contributed by atoms with Gasteiger partial charge in [0.15, 0.2) is 6.29 Å². The first-order valence-corrected chi connectivity index (χ1v) is 3.15. The lowest BCUT2D eigenvalue weighted by Gasteiger charge is -2.07. The SMILES string of the molecule is COC[C@@H]1CCC(O)O1. The van der Waals surface area contributed by atoms with Crippen LogP contribution >= 0.6 is 0 Å². The molecule has 1 rings (SSSR count). The Morgan fingerprint density at radius 2 is 2.44 bits per heavy atom. The highest BCUT2D eigenvalue weighted by Gasteiger charge is 2.22. The average Bonchev–Trinajstić information content (AvgIpc) is 2.17. The molecular formula is C6H12O3. The Labute approximate surface area is 54.6 Å². The molecule has 1 heterocycles. The molecule has 54 valence electrons. The van der Waals surface area contributed by atoms with Crippen molar-refractivity contribution in [1.82, 2.24) is 0 Å². The monoisotopic (exact) mass is 132 g/mol. The Balaban J connectivity index is 2.14. The molecule has 0 radical (unpaired) electrons. The van der Waals surface area contributed by atoms with E-state index in [0.29, 0.717) is 6.61 Å². The molecule has 1 fully saturated rings. The number of aliphatic hydroxyl groups is 1. The molecule has 0 aromatic heterocycles. The highest BCUT2D eigenvalue weighted by atomic mass is 16.6. The average molecular weight is 132 g/mol. The molecule has 3 nitrogen and oxygen atoms in total.